The second kappa shape index (κ2) is 6.44. The van der Waals surface area contributed by atoms with Gasteiger partial charge in [-0.25, -0.2) is 0 Å². The Morgan fingerprint density at radius 2 is 1.72 bits per heavy atom. The van der Waals surface area contributed by atoms with Crippen LogP contribution >= 0.6 is 23.2 Å². The third kappa shape index (κ3) is 4.18. The average Bonchev–Trinajstić information content (AvgIpc) is 2.23. The fourth-order valence-electron chi connectivity index (χ4n) is 2.07. The predicted octanol–water partition coefficient (Wildman–Crippen LogP) is 4.83. The van der Waals surface area contributed by atoms with Crippen LogP contribution in [0.4, 0.5) is 5.69 Å². The van der Waals surface area contributed by atoms with Gasteiger partial charge in [-0.15, -0.1) is 0 Å². The molecule has 100 valence electrons. The number of hydrogen-bond acceptors (Lipinski definition) is 2. The molecule has 0 aliphatic rings. The van der Waals surface area contributed by atoms with E-state index in [0.29, 0.717) is 39.6 Å². The summed E-state index contributed by atoms with van der Waals surface area (Å²) in [6, 6.07) is 3.18. The molecule has 0 heterocycles. The van der Waals surface area contributed by atoms with E-state index >= 15 is 0 Å². The minimum absolute atomic E-state index is 0.0620. The van der Waals surface area contributed by atoms with Crippen molar-refractivity contribution >= 4 is 34.7 Å². The van der Waals surface area contributed by atoms with Crippen LogP contribution in [0, 0.1) is 11.8 Å². The van der Waals surface area contributed by atoms with Crippen molar-refractivity contribution in [2.75, 3.05) is 5.73 Å². The molecule has 0 radical (unpaired) electrons. The van der Waals surface area contributed by atoms with E-state index in [4.69, 9.17) is 28.9 Å². The Hall–Kier alpha value is -0.730. The van der Waals surface area contributed by atoms with Crippen LogP contribution in [-0.4, -0.2) is 5.78 Å². The van der Waals surface area contributed by atoms with Crippen molar-refractivity contribution in [2.45, 2.75) is 33.6 Å². The Morgan fingerprint density at radius 3 is 2.17 bits per heavy atom. The topological polar surface area (TPSA) is 43.1 Å². The number of nitrogen functional groups attached to an aromatic ring is 1. The summed E-state index contributed by atoms with van der Waals surface area (Å²) in [5.74, 6) is 1.01. The zero-order chi connectivity index (χ0) is 13.9. The third-order valence-electron chi connectivity index (χ3n) is 2.81. The number of carbonyl (C=O) groups is 1. The van der Waals surface area contributed by atoms with Gasteiger partial charge in [0, 0.05) is 12.0 Å². The van der Waals surface area contributed by atoms with E-state index in [1.54, 1.807) is 12.1 Å². The standard InChI is InChI=1S/C14H19Cl2NO/c1-8(2)4-9(3)5-13(18)10-6-11(15)14(17)12(16)7-10/h6-9H,4-5,17H2,1-3H3. The molecule has 1 aromatic rings. The summed E-state index contributed by atoms with van der Waals surface area (Å²) in [5, 5.41) is 0.671. The normalized spacial score (nSPS) is 12.8. The number of hydrogen-bond donors (Lipinski definition) is 1. The van der Waals surface area contributed by atoms with Gasteiger partial charge in [0.2, 0.25) is 0 Å². The van der Waals surface area contributed by atoms with Crippen LogP contribution in [0.3, 0.4) is 0 Å². The minimum Gasteiger partial charge on any atom is -0.396 e. The van der Waals surface area contributed by atoms with Crippen molar-refractivity contribution in [3.05, 3.63) is 27.7 Å². The van der Waals surface area contributed by atoms with E-state index in [9.17, 15) is 4.79 Å². The molecule has 2 nitrogen and oxygen atoms in total. The Kier molecular flexibility index (Phi) is 5.48. The number of rotatable bonds is 5. The predicted molar refractivity (Wildman–Crippen MR) is 78.4 cm³/mol. The molecule has 0 bridgehead atoms. The molecule has 1 unspecified atom stereocenters. The smallest absolute Gasteiger partial charge is 0.163 e. The van der Waals surface area contributed by atoms with Gasteiger partial charge in [0.15, 0.2) is 5.78 Å². The highest BCUT2D eigenvalue weighted by Gasteiger charge is 2.15. The first-order valence-electron chi connectivity index (χ1n) is 6.09. The number of anilines is 1. The first-order chi connectivity index (χ1) is 8.31. The number of ketones is 1. The van der Waals surface area contributed by atoms with Gasteiger partial charge in [-0.05, 0) is 30.4 Å². The highest BCUT2D eigenvalue weighted by molar-refractivity contribution is 6.39. The number of nitrogens with two attached hydrogens (primary N) is 1. The van der Waals surface area contributed by atoms with E-state index in [1.807, 2.05) is 0 Å². The first kappa shape index (κ1) is 15.3. The Balaban J connectivity index is 2.79. The van der Waals surface area contributed by atoms with E-state index in [-0.39, 0.29) is 5.78 Å². The molecule has 0 saturated carbocycles. The lowest BCUT2D eigenvalue weighted by Crippen LogP contribution is -2.09. The Bertz CT molecular complexity index is 420. The van der Waals surface area contributed by atoms with E-state index < -0.39 is 0 Å². The van der Waals surface area contributed by atoms with Gasteiger partial charge in [0.1, 0.15) is 0 Å². The van der Waals surface area contributed by atoms with Gasteiger partial charge >= 0.3 is 0 Å². The number of benzene rings is 1. The van der Waals surface area contributed by atoms with Crippen LogP contribution in [0.1, 0.15) is 44.0 Å². The molecular formula is C14H19Cl2NO. The molecule has 0 aliphatic heterocycles. The second-order valence-corrected chi connectivity index (χ2v) is 6.03. The minimum atomic E-state index is 0.0620. The van der Waals surface area contributed by atoms with Gasteiger partial charge in [0.25, 0.3) is 0 Å². The molecule has 0 amide bonds. The summed E-state index contributed by atoms with van der Waals surface area (Å²) in [4.78, 5) is 12.1. The van der Waals surface area contributed by atoms with Crippen LogP contribution in [0.2, 0.25) is 10.0 Å². The highest BCUT2D eigenvalue weighted by Crippen LogP contribution is 2.30. The molecule has 4 heteroatoms. The van der Waals surface area contributed by atoms with Crippen molar-refractivity contribution < 1.29 is 4.79 Å². The number of halogens is 2. The summed E-state index contributed by atoms with van der Waals surface area (Å²) in [6.45, 7) is 6.38. The highest BCUT2D eigenvalue weighted by atomic mass is 35.5. The maximum Gasteiger partial charge on any atom is 0.163 e. The summed E-state index contributed by atoms with van der Waals surface area (Å²) < 4.78 is 0. The van der Waals surface area contributed by atoms with Crippen LogP contribution in [0.15, 0.2) is 12.1 Å². The largest absolute Gasteiger partial charge is 0.396 e. The van der Waals surface area contributed by atoms with Crippen molar-refractivity contribution in [1.29, 1.82) is 0 Å². The first-order valence-corrected chi connectivity index (χ1v) is 6.84. The molecule has 0 aromatic heterocycles. The quantitative estimate of drug-likeness (QED) is 0.623. The van der Waals surface area contributed by atoms with Crippen molar-refractivity contribution in [3.8, 4) is 0 Å². The molecule has 0 spiro atoms. The van der Waals surface area contributed by atoms with Crippen molar-refractivity contribution in [1.82, 2.24) is 0 Å². The van der Waals surface area contributed by atoms with Crippen molar-refractivity contribution in [3.63, 3.8) is 0 Å². The van der Waals surface area contributed by atoms with E-state index in [1.165, 1.54) is 0 Å². The molecule has 0 fully saturated rings. The van der Waals surface area contributed by atoms with Gasteiger partial charge in [-0.3, -0.25) is 4.79 Å². The zero-order valence-corrected chi connectivity index (χ0v) is 12.5. The van der Waals surface area contributed by atoms with Gasteiger partial charge in [-0.1, -0.05) is 44.0 Å². The van der Waals surface area contributed by atoms with Crippen LogP contribution in [0.25, 0.3) is 0 Å². The molecule has 1 atom stereocenters. The summed E-state index contributed by atoms with van der Waals surface area (Å²) in [5.41, 5.74) is 6.50. The Labute approximate surface area is 118 Å². The molecule has 1 rings (SSSR count). The number of Topliss-reactive ketones (excluding diaryl/α,β-unsaturated/α-hetero) is 1. The van der Waals surface area contributed by atoms with Gasteiger partial charge in [0.05, 0.1) is 15.7 Å². The SMILES string of the molecule is CC(C)CC(C)CC(=O)c1cc(Cl)c(N)c(Cl)c1. The van der Waals surface area contributed by atoms with Crippen LogP contribution < -0.4 is 5.73 Å². The summed E-state index contributed by atoms with van der Waals surface area (Å²) >= 11 is 11.8. The van der Waals surface area contributed by atoms with E-state index in [2.05, 4.69) is 20.8 Å². The van der Waals surface area contributed by atoms with Gasteiger partial charge in [-0.2, -0.15) is 0 Å². The lowest BCUT2D eigenvalue weighted by molar-refractivity contribution is 0.0960. The second-order valence-electron chi connectivity index (χ2n) is 5.22. The fourth-order valence-corrected chi connectivity index (χ4v) is 2.55. The molecule has 2 N–H and O–H groups in total. The molecule has 1 aromatic carbocycles. The Morgan fingerprint density at radius 1 is 1.22 bits per heavy atom. The maximum atomic E-state index is 12.1. The molecule has 0 aliphatic carbocycles. The average molecular weight is 288 g/mol. The summed E-state index contributed by atoms with van der Waals surface area (Å²) in [7, 11) is 0. The monoisotopic (exact) mass is 287 g/mol. The van der Waals surface area contributed by atoms with Gasteiger partial charge < -0.3 is 5.73 Å². The molecular weight excluding hydrogens is 269 g/mol. The van der Waals surface area contributed by atoms with Crippen molar-refractivity contribution in [2.24, 2.45) is 11.8 Å². The lowest BCUT2D eigenvalue weighted by atomic mass is 9.92. The summed E-state index contributed by atoms with van der Waals surface area (Å²) in [6.07, 6.45) is 1.54. The third-order valence-corrected chi connectivity index (χ3v) is 3.43. The zero-order valence-electron chi connectivity index (χ0n) is 11.0. The fraction of sp³-hybridized carbons (Fsp3) is 0.500. The van der Waals surface area contributed by atoms with Crippen LogP contribution in [-0.2, 0) is 0 Å². The molecule has 0 saturated heterocycles. The number of carbonyl (C=O) groups excluding carboxylic acids is 1. The van der Waals surface area contributed by atoms with Crippen LogP contribution in [0.5, 0.6) is 0 Å². The van der Waals surface area contributed by atoms with E-state index in [0.717, 1.165) is 6.42 Å². The lowest BCUT2D eigenvalue weighted by Gasteiger charge is -2.13. The maximum absolute atomic E-state index is 12.1. The molecule has 18 heavy (non-hydrogen) atoms.